The SMILES string of the molecule is Nc1cccc(N2CCN(CCCC3CCCO3)CC2)c1. The molecule has 0 aromatic heterocycles. The summed E-state index contributed by atoms with van der Waals surface area (Å²) in [4.78, 5) is 5.02. The molecule has 116 valence electrons. The maximum atomic E-state index is 5.87. The number of anilines is 2. The number of nitrogens with zero attached hydrogens (tertiary/aromatic N) is 2. The van der Waals surface area contributed by atoms with Crippen molar-refractivity contribution in [3.63, 3.8) is 0 Å². The average molecular weight is 289 g/mol. The van der Waals surface area contributed by atoms with Gasteiger partial charge >= 0.3 is 0 Å². The molecule has 1 unspecified atom stereocenters. The van der Waals surface area contributed by atoms with Crippen molar-refractivity contribution < 1.29 is 4.74 Å². The van der Waals surface area contributed by atoms with Crippen LogP contribution in [0, 0.1) is 0 Å². The van der Waals surface area contributed by atoms with Crippen LogP contribution in [0.5, 0.6) is 0 Å². The molecule has 2 aliphatic heterocycles. The predicted octanol–water partition coefficient (Wildman–Crippen LogP) is 2.35. The first-order valence-electron chi connectivity index (χ1n) is 8.26. The van der Waals surface area contributed by atoms with E-state index in [1.165, 1.54) is 37.9 Å². The minimum absolute atomic E-state index is 0.540. The van der Waals surface area contributed by atoms with Gasteiger partial charge in [0.25, 0.3) is 0 Å². The Morgan fingerprint density at radius 3 is 2.76 bits per heavy atom. The molecule has 0 bridgehead atoms. The molecular formula is C17H27N3O. The molecule has 0 amide bonds. The number of hydrogen-bond donors (Lipinski definition) is 1. The van der Waals surface area contributed by atoms with Crippen LogP contribution in [0.1, 0.15) is 25.7 Å². The van der Waals surface area contributed by atoms with E-state index in [2.05, 4.69) is 21.9 Å². The van der Waals surface area contributed by atoms with Gasteiger partial charge in [-0.3, -0.25) is 4.90 Å². The molecular weight excluding hydrogens is 262 g/mol. The maximum absolute atomic E-state index is 5.87. The molecule has 2 N–H and O–H groups in total. The van der Waals surface area contributed by atoms with Crippen molar-refractivity contribution in [3.05, 3.63) is 24.3 Å². The molecule has 2 saturated heterocycles. The third-order valence-corrected chi connectivity index (χ3v) is 4.63. The molecule has 2 fully saturated rings. The Hall–Kier alpha value is -1.26. The first kappa shape index (κ1) is 14.7. The van der Waals surface area contributed by atoms with Crippen molar-refractivity contribution in [3.8, 4) is 0 Å². The fraction of sp³-hybridized carbons (Fsp3) is 0.647. The lowest BCUT2D eigenvalue weighted by Crippen LogP contribution is -2.46. The van der Waals surface area contributed by atoms with Crippen LogP contribution in [0.2, 0.25) is 0 Å². The highest BCUT2D eigenvalue weighted by Gasteiger charge is 2.19. The summed E-state index contributed by atoms with van der Waals surface area (Å²) in [6, 6.07) is 8.22. The first-order chi connectivity index (χ1) is 10.3. The van der Waals surface area contributed by atoms with Gasteiger partial charge in [0.05, 0.1) is 6.10 Å². The maximum Gasteiger partial charge on any atom is 0.0576 e. The number of piperazine rings is 1. The van der Waals surface area contributed by atoms with Crippen molar-refractivity contribution in [1.82, 2.24) is 4.90 Å². The Kier molecular flexibility index (Phi) is 4.99. The highest BCUT2D eigenvalue weighted by atomic mass is 16.5. The fourth-order valence-corrected chi connectivity index (χ4v) is 3.37. The summed E-state index contributed by atoms with van der Waals surface area (Å²) in [6.07, 6.45) is 5.56. The summed E-state index contributed by atoms with van der Waals surface area (Å²) in [6.45, 7) is 6.70. The van der Waals surface area contributed by atoms with E-state index in [4.69, 9.17) is 10.5 Å². The quantitative estimate of drug-likeness (QED) is 0.845. The molecule has 4 heteroatoms. The van der Waals surface area contributed by atoms with Crippen LogP contribution in [-0.2, 0) is 4.74 Å². The molecule has 21 heavy (non-hydrogen) atoms. The predicted molar refractivity (Wildman–Crippen MR) is 87.7 cm³/mol. The second-order valence-electron chi connectivity index (χ2n) is 6.20. The van der Waals surface area contributed by atoms with Gasteiger partial charge < -0.3 is 15.4 Å². The number of nitrogen functional groups attached to an aromatic ring is 1. The molecule has 1 aromatic carbocycles. The molecule has 2 aliphatic rings. The average Bonchev–Trinajstić information content (AvgIpc) is 3.01. The second kappa shape index (κ2) is 7.14. The van der Waals surface area contributed by atoms with Gasteiger partial charge in [0.15, 0.2) is 0 Å². The lowest BCUT2D eigenvalue weighted by Gasteiger charge is -2.36. The summed E-state index contributed by atoms with van der Waals surface area (Å²) in [5.41, 5.74) is 7.98. The van der Waals surface area contributed by atoms with Gasteiger partial charge in [-0.2, -0.15) is 0 Å². The van der Waals surface area contributed by atoms with Crippen LogP contribution < -0.4 is 10.6 Å². The molecule has 2 heterocycles. The molecule has 1 atom stereocenters. The van der Waals surface area contributed by atoms with E-state index in [0.29, 0.717) is 6.10 Å². The van der Waals surface area contributed by atoms with Crippen LogP contribution in [0.25, 0.3) is 0 Å². The molecule has 3 rings (SSSR count). The number of ether oxygens (including phenoxy) is 1. The summed E-state index contributed by atoms with van der Waals surface area (Å²) in [5, 5.41) is 0. The van der Waals surface area contributed by atoms with E-state index in [1.54, 1.807) is 0 Å². The lowest BCUT2D eigenvalue weighted by molar-refractivity contribution is 0.0984. The van der Waals surface area contributed by atoms with E-state index in [0.717, 1.165) is 38.5 Å². The van der Waals surface area contributed by atoms with Crippen molar-refractivity contribution >= 4 is 11.4 Å². The number of benzene rings is 1. The van der Waals surface area contributed by atoms with E-state index in [-0.39, 0.29) is 0 Å². The van der Waals surface area contributed by atoms with Crippen molar-refractivity contribution in [1.29, 1.82) is 0 Å². The normalized spacial score (nSPS) is 23.6. The van der Waals surface area contributed by atoms with Gasteiger partial charge in [0.2, 0.25) is 0 Å². The summed E-state index contributed by atoms with van der Waals surface area (Å²) < 4.78 is 5.69. The van der Waals surface area contributed by atoms with Crippen LogP contribution >= 0.6 is 0 Å². The smallest absolute Gasteiger partial charge is 0.0576 e. The fourth-order valence-electron chi connectivity index (χ4n) is 3.37. The second-order valence-corrected chi connectivity index (χ2v) is 6.20. The lowest BCUT2D eigenvalue weighted by atomic mass is 10.1. The molecule has 1 aromatic rings. The largest absolute Gasteiger partial charge is 0.399 e. The van der Waals surface area contributed by atoms with Crippen LogP contribution in [0.3, 0.4) is 0 Å². The molecule has 0 aliphatic carbocycles. The standard InChI is InChI=1S/C17H27N3O/c18-15-4-1-5-16(14-15)20-11-9-19(10-12-20)8-2-6-17-7-3-13-21-17/h1,4-5,14,17H,2-3,6-13,18H2. The van der Waals surface area contributed by atoms with Crippen LogP contribution in [0.4, 0.5) is 11.4 Å². The van der Waals surface area contributed by atoms with Gasteiger partial charge in [-0.25, -0.2) is 0 Å². The summed E-state index contributed by atoms with van der Waals surface area (Å²) >= 11 is 0. The van der Waals surface area contributed by atoms with E-state index < -0.39 is 0 Å². The highest BCUT2D eigenvalue weighted by Crippen LogP contribution is 2.20. The Balaban J connectivity index is 1.38. The third kappa shape index (κ3) is 4.11. The van der Waals surface area contributed by atoms with Gasteiger partial charge in [0, 0.05) is 44.2 Å². The number of nitrogens with two attached hydrogens (primary N) is 1. The Labute approximate surface area is 127 Å². The van der Waals surface area contributed by atoms with Crippen molar-refractivity contribution in [2.75, 3.05) is 50.0 Å². The monoisotopic (exact) mass is 289 g/mol. The van der Waals surface area contributed by atoms with Crippen LogP contribution in [0.15, 0.2) is 24.3 Å². The van der Waals surface area contributed by atoms with E-state index in [9.17, 15) is 0 Å². The molecule has 0 radical (unpaired) electrons. The highest BCUT2D eigenvalue weighted by molar-refractivity contribution is 5.56. The van der Waals surface area contributed by atoms with Gasteiger partial charge in [-0.05, 0) is 50.4 Å². The van der Waals surface area contributed by atoms with Gasteiger partial charge in [-0.1, -0.05) is 6.07 Å². The van der Waals surface area contributed by atoms with Crippen molar-refractivity contribution in [2.24, 2.45) is 0 Å². The zero-order valence-electron chi connectivity index (χ0n) is 12.8. The minimum Gasteiger partial charge on any atom is -0.399 e. The summed E-state index contributed by atoms with van der Waals surface area (Å²) in [5.74, 6) is 0. The van der Waals surface area contributed by atoms with Gasteiger partial charge in [-0.15, -0.1) is 0 Å². The van der Waals surface area contributed by atoms with E-state index >= 15 is 0 Å². The zero-order valence-corrected chi connectivity index (χ0v) is 12.8. The number of hydrogen-bond acceptors (Lipinski definition) is 4. The zero-order chi connectivity index (χ0) is 14.5. The Morgan fingerprint density at radius 2 is 2.05 bits per heavy atom. The molecule has 0 saturated carbocycles. The first-order valence-corrected chi connectivity index (χ1v) is 8.26. The number of rotatable bonds is 5. The topological polar surface area (TPSA) is 41.7 Å². The van der Waals surface area contributed by atoms with Gasteiger partial charge in [0.1, 0.15) is 0 Å². The Morgan fingerprint density at radius 1 is 1.19 bits per heavy atom. The van der Waals surface area contributed by atoms with Crippen LogP contribution in [-0.4, -0.2) is 50.3 Å². The molecule has 4 nitrogen and oxygen atoms in total. The minimum atomic E-state index is 0.540. The van der Waals surface area contributed by atoms with E-state index in [1.807, 2.05) is 12.1 Å². The third-order valence-electron chi connectivity index (χ3n) is 4.63. The summed E-state index contributed by atoms with van der Waals surface area (Å²) in [7, 11) is 0. The van der Waals surface area contributed by atoms with Crippen molar-refractivity contribution in [2.45, 2.75) is 31.8 Å². The molecule has 0 spiro atoms. The Bertz CT molecular complexity index is 437.